The van der Waals surface area contributed by atoms with E-state index in [9.17, 15) is 0 Å². The zero-order valence-electron chi connectivity index (χ0n) is 14.0. The zero-order valence-corrected chi connectivity index (χ0v) is 15.6. The SMILES string of the molecule is CCc1cc(NC2CCC(N)CC2)n2nc(C)c(C)c2n1.Cl.Cl. The highest BCUT2D eigenvalue weighted by Crippen LogP contribution is 2.24. The summed E-state index contributed by atoms with van der Waals surface area (Å²) in [6.45, 7) is 6.27. The largest absolute Gasteiger partial charge is 0.367 e. The minimum absolute atomic E-state index is 0. The molecule has 130 valence electrons. The van der Waals surface area contributed by atoms with E-state index in [1.54, 1.807) is 0 Å². The number of aryl methyl sites for hydroxylation is 3. The molecule has 2 aromatic heterocycles. The Morgan fingerprint density at radius 1 is 1.22 bits per heavy atom. The Hall–Kier alpha value is -1.04. The molecule has 23 heavy (non-hydrogen) atoms. The molecule has 2 aromatic rings. The van der Waals surface area contributed by atoms with Crippen LogP contribution in [0.15, 0.2) is 6.07 Å². The summed E-state index contributed by atoms with van der Waals surface area (Å²) in [5.41, 5.74) is 10.3. The lowest BCUT2D eigenvalue weighted by Gasteiger charge is -2.27. The third-order valence-electron chi connectivity index (χ3n) is 4.60. The van der Waals surface area contributed by atoms with Crippen LogP contribution in [0.3, 0.4) is 0 Å². The third-order valence-corrected chi connectivity index (χ3v) is 4.60. The standard InChI is InChI=1S/C16H25N5.2ClH/c1-4-13-9-15(18-14-7-5-12(17)6-8-14)21-16(19-13)10(2)11(3)20-21;;/h9,12,14,18H,4-8,17H2,1-3H3;2*1H. The van der Waals surface area contributed by atoms with E-state index in [2.05, 4.69) is 30.3 Å². The van der Waals surface area contributed by atoms with E-state index in [-0.39, 0.29) is 24.8 Å². The molecule has 3 N–H and O–H groups in total. The van der Waals surface area contributed by atoms with Crippen molar-refractivity contribution in [3.63, 3.8) is 0 Å². The molecule has 0 amide bonds. The van der Waals surface area contributed by atoms with Gasteiger partial charge in [0.2, 0.25) is 0 Å². The fourth-order valence-corrected chi connectivity index (χ4v) is 3.04. The summed E-state index contributed by atoms with van der Waals surface area (Å²) >= 11 is 0. The fraction of sp³-hybridized carbons (Fsp3) is 0.625. The van der Waals surface area contributed by atoms with Crippen LogP contribution in [0.5, 0.6) is 0 Å². The molecule has 0 radical (unpaired) electrons. The first-order valence-corrected chi connectivity index (χ1v) is 7.96. The number of nitrogens with one attached hydrogen (secondary N) is 1. The molecule has 2 heterocycles. The predicted octanol–water partition coefficient (Wildman–Crippen LogP) is 3.43. The van der Waals surface area contributed by atoms with Crippen LogP contribution in [0.25, 0.3) is 5.65 Å². The van der Waals surface area contributed by atoms with Crippen molar-refractivity contribution in [2.75, 3.05) is 5.32 Å². The highest BCUT2D eigenvalue weighted by Gasteiger charge is 2.20. The number of nitrogens with zero attached hydrogens (tertiary/aromatic N) is 3. The number of halogens is 2. The number of hydrogen-bond donors (Lipinski definition) is 2. The number of hydrogen-bond acceptors (Lipinski definition) is 4. The van der Waals surface area contributed by atoms with Gasteiger partial charge in [0.25, 0.3) is 0 Å². The van der Waals surface area contributed by atoms with E-state index in [0.717, 1.165) is 55.0 Å². The number of fused-ring (bicyclic) bond motifs is 1. The van der Waals surface area contributed by atoms with Crippen LogP contribution in [-0.4, -0.2) is 26.7 Å². The fourth-order valence-electron chi connectivity index (χ4n) is 3.04. The van der Waals surface area contributed by atoms with Crippen molar-refractivity contribution < 1.29 is 0 Å². The molecule has 1 fully saturated rings. The Morgan fingerprint density at radius 3 is 2.48 bits per heavy atom. The first-order valence-electron chi connectivity index (χ1n) is 7.96. The molecule has 7 heteroatoms. The van der Waals surface area contributed by atoms with Crippen molar-refractivity contribution in [2.45, 2.75) is 65.0 Å². The van der Waals surface area contributed by atoms with Gasteiger partial charge < -0.3 is 11.1 Å². The first-order chi connectivity index (χ1) is 10.1. The minimum atomic E-state index is 0. The second-order valence-electron chi connectivity index (χ2n) is 6.19. The lowest BCUT2D eigenvalue weighted by molar-refractivity contribution is 0.410. The van der Waals surface area contributed by atoms with Crippen LogP contribution in [0, 0.1) is 13.8 Å². The van der Waals surface area contributed by atoms with E-state index in [0.29, 0.717) is 12.1 Å². The van der Waals surface area contributed by atoms with Gasteiger partial charge >= 0.3 is 0 Å². The van der Waals surface area contributed by atoms with Crippen molar-refractivity contribution in [3.8, 4) is 0 Å². The lowest BCUT2D eigenvalue weighted by Crippen LogP contribution is -2.33. The molecule has 0 atom stereocenters. The Kier molecular flexibility index (Phi) is 7.11. The summed E-state index contributed by atoms with van der Waals surface area (Å²) in [5.74, 6) is 1.06. The van der Waals surface area contributed by atoms with Crippen molar-refractivity contribution >= 4 is 36.3 Å². The van der Waals surface area contributed by atoms with Crippen LogP contribution in [0.2, 0.25) is 0 Å². The van der Waals surface area contributed by atoms with E-state index < -0.39 is 0 Å². The minimum Gasteiger partial charge on any atom is -0.367 e. The van der Waals surface area contributed by atoms with Crippen molar-refractivity contribution in [3.05, 3.63) is 23.0 Å². The van der Waals surface area contributed by atoms with E-state index in [4.69, 9.17) is 10.7 Å². The average molecular weight is 360 g/mol. The molecule has 0 aromatic carbocycles. The number of rotatable bonds is 3. The van der Waals surface area contributed by atoms with Crippen molar-refractivity contribution in [2.24, 2.45) is 5.73 Å². The quantitative estimate of drug-likeness (QED) is 0.880. The second kappa shape index (κ2) is 8.18. The maximum Gasteiger partial charge on any atom is 0.160 e. The molecule has 0 unspecified atom stereocenters. The van der Waals surface area contributed by atoms with Gasteiger partial charge in [-0.05, 0) is 46.0 Å². The van der Waals surface area contributed by atoms with Gasteiger partial charge in [0.15, 0.2) is 5.65 Å². The summed E-state index contributed by atoms with van der Waals surface area (Å²) in [6.07, 6.45) is 5.40. The Morgan fingerprint density at radius 2 is 1.87 bits per heavy atom. The van der Waals surface area contributed by atoms with Gasteiger partial charge in [-0.25, -0.2) is 4.98 Å². The highest BCUT2D eigenvalue weighted by atomic mass is 35.5. The molecule has 0 bridgehead atoms. The predicted molar refractivity (Wildman–Crippen MR) is 100 cm³/mol. The molecule has 0 aliphatic heterocycles. The van der Waals surface area contributed by atoms with Gasteiger partial charge in [-0.1, -0.05) is 6.92 Å². The van der Waals surface area contributed by atoms with Gasteiger partial charge in [0.05, 0.1) is 5.69 Å². The van der Waals surface area contributed by atoms with Crippen molar-refractivity contribution in [1.82, 2.24) is 14.6 Å². The summed E-state index contributed by atoms with van der Waals surface area (Å²) < 4.78 is 1.96. The molecule has 1 aliphatic rings. The van der Waals surface area contributed by atoms with Crippen molar-refractivity contribution in [1.29, 1.82) is 0 Å². The Balaban J connectivity index is 0.00000132. The number of anilines is 1. The van der Waals surface area contributed by atoms with Crippen LogP contribution in [0.4, 0.5) is 5.82 Å². The number of nitrogens with two attached hydrogens (primary N) is 1. The summed E-state index contributed by atoms with van der Waals surface area (Å²) in [4.78, 5) is 4.72. The van der Waals surface area contributed by atoms with Gasteiger partial charge in [-0.15, -0.1) is 24.8 Å². The monoisotopic (exact) mass is 359 g/mol. The van der Waals surface area contributed by atoms with E-state index in [1.165, 1.54) is 5.56 Å². The van der Waals surface area contributed by atoms with E-state index >= 15 is 0 Å². The topological polar surface area (TPSA) is 68.2 Å². The van der Waals surface area contributed by atoms with Gasteiger partial charge in [-0.2, -0.15) is 9.61 Å². The maximum atomic E-state index is 5.99. The summed E-state index contributed by atoms with van der Waals surface area (Å²) in [7, 11) is 0. The van der Waals surface area contributed by atoms with Crippen LogP contribution >= 0.6 is 24.8 Å². The van der Waals surface area contributed by atoms with E-state index in [1.807, 2.05) is 11.4 Å². The normalized spacial score (nSPS) is 20.7. The van der Waals surface area contributed by atoms with Crippen LogP contribution in [0.1, 0.15) is 49.6 Å². The zero-order chi connectivity index (χ0) is 15.0. The Bertz CT molecular complexity index is 647. The molecule has 5 nitrogen and oxygen atoms in total. The van der Waals surface area contributed by atoms with Crippen LogP contribution in [-0.2, 0) is 6.42 Å². The van der Waals surface area contributed by atoms with Crippen LogP contribution < -0.4 is 11.1 Å². The second-order valence-corrected chi connectivity index (χ2v) is 6.19. The van der Waals surface area contributed by atoms with Gasteiger partial charge in [-0.3, -0.25) is 0 Å². The summed E-state index contributed by atoms with van der Waals surface area (Å²) in [6, 6.07) is 3.00. The third kappa shape index (κ3) is 4.08. The lowest BCUT2D eigenvalue weighted by atomic mass is 9.92. The molecular weight excluding hydrogens is 333 g/mol. The molecular formula is C16H27Cl2N5. The van der Waals surface area contributed by atoms with Gasteiger partial charge in [0, 0.05) is 29.4 Å². The molecule has 1 saturated carbocycles. The summed E-state index contributed by atoms with van der Waals surface area (Å²) in [5, 5.41) is 8.30. The Labute approximate surface area is 150 Å². The maximum absolute atomic E-state index is 5.99. The number of aromatic nitrogens is 3. The highest BCUT2D eigenvalue weighted by molar-refractivity contribution is 5.85. The molecule has 0 spiro atoms. The smallest absolute Gasteiger partial charge is 0.160 e. The molecule has 3 rings (SSSR count). The molecule has 1 aliphatic carbocycles. The first kappa shape index (κ1) is 20.0. The average Bonchev–Trinajstić information content (AvgIpc) is 2.77. The molecule has 0 saturated heterocycles. The van der Waals surface area contributed by atoms with Gasteiger partial charge in [0.1, 0.15) is 5.82 Å².